The largest absolute Gasteiger partial charge is 0.379 e. The summed E-state index contributed by atoms with van der Waals surface area (Å²) in [5, 5.41) is 5.81. The van der Waals surface area contributed by atoms with Crippen LogP contribution in [0.1, 0.15) is 16.9 Å². The van der Waals surface area contributed by atoms with Crippen molar-refractivity contribution in [2.75, 3.05) is 37.9 Å². The van der Waals surface area contributed by atoms with Crippen molar-refractivity contribution >= 4 is 34.3 Å². The molecule has 138 valence electrons. The van der Waals surface area contributed by atoms with E-state index >= 15 is 0 Å². The quantitative estimate of drug-likeness (QED) is 0.776. The molecular weight excluding hydrogens is 380 g/mol. The van der Waals surface area contributed by atoms with Crippen molar-refractivity contribution in [1.82, 2.24) is 4.90 Å². The number of ether oxygens (including phenoxy) is 1. The van der Waals surface area contributed by atoms with Crippen LogP contribution in [0.2, 0.25) is 4.34 Å². The zero-order valence-corrected chi connectivity index (χ0v) is 15.6. The Hall–Kier alpha value is -1.54. The van der Waals surface area contributed by atoms with Crippen molar-refractivity contribution in [3.63, 3.8) is 0 Å². The van der Waals surface area contributed by atoms with E-state index in [1.807, 2.05) is 6.07 Å². The smallest absolute Gasteiger partial charge is 0.151 e. The summed E-state index contributed by atoms with van der Waals surface area (Å²) < 4.78 is 34.0. The second kappa shape index (κ2) is 7.60. The van der Waals surface area contributed by atoms with Crippen LogP contribution in [0, 0.1) is 11.6 Å². The van der Waals surface area contributed by atoms with Crippen LogP contribution in [0.25, 0.3) is 0 Å². The standard InChI is InChI=1S/C18H18ClF2N3OS/c19-18-13(10-12(26-18)11-23-6-8-25-9-7-23)16-4-5-24(22-16)17-14(20)2-1-3-15(17)21/h1-3,10H,4-9,11H2. The first-order chi connectivity index (χ1) is 12.6. The highest BCUT2D eigenvalue weighted by Crippen LogP contribution is 2.33. The average molecular weight is 398 g/mol. The molecule has 4 nitrogen and oxygen atoms in total. The summed E-state index contributed by atoms with van der Waals surface area (Å²) in [5.74, 6) is -1.22. The minimum Gasteiger partial charge on any atom is -0.379 e. The Morgan fingerprint density at radius 3 is 2.62 bits per heavy atom. The Kier molecular flexibility index (Phi) is 5.22. The molecular formula is C18H18ClF2N3OS. The molecule has 0 atom stereocenters. The fourth-order valence-corrected chi connectivity index (χ4v) is 4.62. The minimum atomic E-state index is -0.612. The Bertz CT molecular complexity index is 816. The first-order valence-electron chi connectivity index (χ1n) is 8.49. The van der Waals surface area contributed by atoms with Gasteiger partial charge in [-0.15, -0.1) is 11.3 Å². The van der Waals surface area contributed by atoms with E-state index in [1.54, 1.807) is 0 Å². The lowest BCUT2D eigenvalue weighted by atomic mass is 10.1. The number of morpholine rings is 1. The molecule has 26 heavy (non-hydrogen) atoms. The van der Waals surface area contributed by atoms with Crippen molar-refractivity contribution in [3.8, 4) is 0 Å². The third-order valence-electron chi connectivity index (χ3n) is 4.53. The lowest BCUT2D eigenvalue weighted by Crippen LogP contribution is -2.35. The van der Waals surface area contributed by atoms with E-state index in [1.165, 1.54) is 34.5 Å². The van der Waals surface area contributed by atoms with Crippen LogP contribution in [0.15, 0.2) is 29.4 Å². The second-order valence-corrected chi connectivity index (χ2v) is 8.02. The summed E-state index contributed by atoms with van der Waals surface area (Å²) in [7, 11) is 0. The van der Waals surface area contributed by atoms with Gasteiger partial charge in [-0.2, -0.15) is 5.10 Å². The van der Waals surface area contributed by atoms with Crippen molar-refractivity contribution < 1.29 is 13.5 Å². The molecule has 0 unspecified atom stereocenters. The van der Waals surface area contributed by atoms with Gasteiger partial charge >= 0.3 is 0 Å². The molecule has 0 N–H and O–H groups in total. The molecule has 0 aliphatic carbocycles. The van der Waals surface area contributed by atoms with Gasteiger partial charge in [-0.1, -0.05) is 17.7 Å². The van der Waals surface area contributed by atoms with E-state index in [-0.39, 0.29) is 5.69 Å². The molecule has 2 aromatic rings. The van der Waals surface area contributed by atoms with Crippen molar-refractivity contribution in [2.24, 2.45) is 5.10 Å². The number of hydrazone groups is 1. The molecule has 3 heterocycles. The Morgan fingerprint density at radius 1 is 1.15 bits per heavy atom. The molecule has 1 aromatic heterocycles. The van der Waals surface area contributed by atoms with Crippen LogP contribution in [-0.4, -0.2) is 43.5 Å². The van der Waals surface area contributed by atoms with Crippen LogP contribution in [0.4, 0.5) is 14.5 Å². The van der Waals surface area contributed by atoms with Gasteiger partial charge in [-0.3, -0.25) is 9.91 Å². The number of hydrogen-bond donors (Lipinski definition) is 0. The average Bonchev–Trinajstić information content (AvgIpc) is 3.22. The maximum absolute atomic E-state index is 14.0. The van der Waals surface area contributed by atoms with E-state index in [4.69, 9.17) is 16.3 Å². The second-order valence-electron chi connectivity index (χ2n) is 6.28. The number of para-hydroxylation sites is 1. The van der Waals surface area contributed by atoms with Gasteiger partial charge in [0.2, 0.25) is 0 Å². The molecule has 0 spiro atoms. The lowest BCUT2D eigenvalue weighted by Gasteiger charge is -2.25. The zero-order chi connectivity index (χ0) is 18.1. The summed E-state index contributed by atoms with van der Waals surface area (Å²) in [5.41, 5.74) is 1.52. The number of rotatable bonds is 4. The van der Waals surface area contributed by atoms with Crippen LogP contribution >= 0.6 is 22.9 Å². The number of benzene rings is 1. The highest BCUT2D eigenvalue weighted by molar-refractivity contribution is 7.16. The summed E-state index contributed by atoms with van der Waals surface area (Å²) in [6, 6.07) is 5.87. The van der Waals surface area contributed by atoms with Gasteiger partial charge in [0.25, 0.3) is 0 Å². The molecule has 0 bridgehead atoms. The summed E-state index contributed by atoms with van der Waals surface area (Å²) in [6.07, 6.45) is 0.598. The van der Waals surface area contributed by atoms with Gasteiger partial charge in [0.05, 0.1) is 18.9 Å². The Labute approximate surface area is 159 Å². The number of nitrogens with zero attached hydrogens (tertiary/aromatic N) is 3. The molecule has 2 aliphatic rings. The van der Waals surface area contributed by atoms with Gasteiger partial charge in [-0.25, -0.2) is 8.78 Å². The number of thiophene rings is 1. The monoisotopic (exact) mass is 397 g/mol. The van der Waals surface area contributed by atoms with Crippen molar-refractivity contribution in [2.45, 2.75) is 13.0 Å². The maximum atomic E-state index is 14.0. The Balaban J connectivity index is 1.54. The lowest BCUT2D eigenvalue weighted by molar-refractivity contribution is 0.0346. The molecule has 0 saturated carbocycles. The van der Waals surface area contributed by atoms with Gasteiger partial charge in [0, 0.05) is 43.0 Å². The molecule has 1 saturated heterocycles. The molecule has 0 radical (unpaired) electrons. The molecule has 8 heteroatoms. The fraction of sp³-hybridized carbons (Fsp3) is 0.389. The van der Waals surface area contributed by atoms with Crippen LogP contribution < -0.4 is 5.01 Å². The van der Waals surface area contributed by atoms with E-state index in [0.717, 1.165) is 49.0 Å². The first kappa shape index (κ1) is 17.9. The highest BCUT2D eigenvalue weighted by atomic mass is 35.5. The predicted molar refractivity (Wildman–Crippen MR) is 100 cm³/mol. The number of halogens is 3. The van der Waals surface area contributed by atoms with Crippen molar-refractivity contribution in [3.05, 3.63) is 50.7 Å². The predicted octanol–water partition coefficient (Wildman–Crippen LogP) is 4.13. The molecule has 0 amide bonds. The molecule has 1 aromatic carbocycles. The third-order valence-corrected chi connectivity index (χ3v) is 5.87. The van der Waals surface area contributed by atoms with Crippen LogP contribution in [0.5, 0.6) is 0 Å². The summed E-state index contributed by atoms with van der Waals surface area (Å²) >= 11 is 7.96. The zero-order valence-electron chi connectivity index (χ0n) is 14.1. The van der Waals surface area contributed by atoms with Gasteiger partial charge in [0.1, 0.15) is 10.0 Å². The molecule has 2 aliphatic heterocycles. The van der Waals surface area contributed by atoms with E-state index in [0.29, 0.717) is 17.3 Å². The van der Waals surface area contributed by atoms with Crippen LogP contribution in [-0.2, 0) is 11.3 Å². The van der Waals surface area contributed by atoms with E-state index in [9.17, 15) is 8.78 Å². The third kappa shape index (κ3) is 3.62. The number of anilines is 1. The summed E-state index contributed by atoms with van der Waals surface area (Å²) in [4.78, 5) is 3.48. The van der Waals surface area contributed by atoms with Gasteiger partial charge < -0.3 is 4.74 Å². The van der Waals surface area contributed by atoms with E-state index < -0.39 is 11.6 Å². The van der Waals surface area contributed by atoms with Crippen molar-refractivity contribution in [1.29, 1.82) is 0 Å². The Morgan fingerprint density at radius 2 is 1.88 bits per heavy atom. The fourth-order valence-electron chi connectivity index (χ4n) is 3.22. The first-order valence-corrected chi connectivity index (χ1v) is 9.69. The molecule has 4 rings (SSSR count). The van der Waals surface area contributed by atoms with Crippen LogP contribution in [0.3, 0.4) is 0 Å². The topological polar surface area (TPSA) is 28.1 Å². The van der Waals surface area contributed by atoms with Gasteiger partial charge in [-0.05, 0) is 18.2 Å². The summed E-state index contributed by atoms with van der Waals surface area (Å²) in [6.45, 7) is 4.58. The normalized spacial score (nSPS) is 18.4. The highest BCUT2D eigenvalue weighted by Gasteiger charge is 2.25. The van der Waals surface area contributed by atoms with Gasteiger partial charge in [0.15, 0.2) is 11.6 Å². The maximum Gasteiger partial charge on any atom is 0.151 e. The van der Waals surface area contributed by atoms with E-state index in [2.05, 4.69) is 10.0 Å². The molecule has 1 fully saturated rings. The number of hydrogen-bond acceptors (Lipinski definition) is 5. The minimum absolute atomic E-state index is 0.109. The SMILES string of the molecule is Fc1cccc(F)c1N1CCC(c2cc(CN3CCOCC3)sc2Cl)=N1.